The van der Waals surface area contributed by atoms with Gasteiger partial charge in [-0.2, -0.15) is 0 Å². The first-order valence-corrected chi connectivity index (χ1v) is 6.89. The molecular weight excluding hydrogens is 268 g/mol. The fourth-order valence-electron chi connectivity index (χ4n) is 2.37. The summed E-state index contributed by atoms with van der Waals surface area (Å²) in [4.78, 5) is 11.2. The van der Waals surface area contributed by atoms with Crippen molar-refractivity contribution in [3.05, 3.63) is 47.5 Å². The molecular formula is C17H16O4. The Hall–Kier alpha value is -2.49. The number of hydrogen-bond acceptors (Lipinski definition) is 3. The van der Waals surface area contributed by atoms with Crippen molar-refractivity contribution >= 4 is 5.97 Å². The van der Waals surface area contributed by atoms with Gasteiger partial charge in [0.2, 0.25) is 0 Å². The van der Waals surface area contributed by atoms with Gasteiger partial charge >= 0.3 is 5.97 Å². The van der Waals surface area contributed by atoms with Crippen LogP contribution in [-0.4, -0.2) is 24.3 Å². The molecule has 1 N–H and O–H groups in total. The van der Waals surface area contributed by atoms with Crippen molar-refractivity contribution in [2.75, 3.05) is 13.2 Å². The van der Waals surface area contributed by atoms with Crippen molar-refractivity contribution in [1.29, 1.82) is 0 Å². The van der Waals surface area contributed by atoms with E-state index in [1.165, 1.54) is 0 Å². The number of hydrogen-bond donors (Lipinski definition) is 1. The topological polar surface area (TPSA) is 55.8 Å². The number of carbonyl (C=O) groups is 1. The molecule has 4 heteroatoms. The summed E-state index contributed by atoms with van der Waals surface area (Å²) in [7, 11) is 0. The lowest BCUT2D eigenvalue weighted by Gasteiger charge is -2.10. The first-order chi connectivity index (χ1) is 10.1. The molecule has 0 atom stereocenters. The molecule has 0 unspecified atom stereocenters. The Labute approximate surface area is 122 Å². The van der Waals surface area contributed by atoms with E-state index >= 15 is 0 Å². The van der Waals surface area contributed by atoms with Crippen molar-refractivity contribution in [3.63, 3.8) is 0 Å². The Morgan fingerprint density at radius 1 is 1.00 bits per heavy atom. The highest BCUT2D eigenvalue weighted by molar-refractivity contribution is 5.91. The molecule has 2 aromatic rings. The van der Waals surface area contributed by atoms with Gasteiger partial charge in [-0.1, -0.05) is 18.2 Å². The molecule has 3 rings (SSSR count). The smallest absolute Gasteiger partial charge is 0.335 e. The van der Waals surface area contributed by atoms with Gasteiger partial charge in [-0.05, 0) is 41.8 Å². The highest BCUT2D eigenvalue weighted by Crippen LogP contribution is 2.34. The average Bonchev–Trinajstić information content (AvgIpc) is 2.72. The van der Waals surface area contributed by atoms with E-state index in [2.05, 4.69) is 0 Å². The van der Waals surface area contributed by atoms with E-state index in [0.29, 0.717) is 24.5 Å². The zero-order valence-corrected chi connectivity index (χ0v) is 11.8. The van der Waals surface area contributed by atoms with Gasteiger partial charge in [0.05, 0.1) is 18.8 Å². The SMILES string of the molecule is Cc1ccc(-c2ccc3c(c2)OCCCO3)cc1C(=O)O. The van der Waals surface area contributed by atoms with Crippen LogP contribution in [0, 0.1) is 6.92 Å². The Balaban J connectivity index is 2.03. The third-order valence-electron chi connectivity index (χ3n) is 3.55. The van der Waals surface area contributed by atoms with Crippen LogP contribution in [-0.2, 0) is 0 Å². The number of aryl methyl sites for hydroxylation is 1. The maximum absolute atomic E-state index is 11.2. The first-order valence-electron chi connectivity index (χ1n) is 6.89. The molecule has 0 saturated carbocycles. The molecule has 21 heavy (non-hydrogen) atoms. The Morgan fingerprint density at radius 2 is 1.67 bits per heavy atom. The summed E-state index contributed by atoms with van der Waals surface area (Å²) in [5.74, 6) is 0.535. The lowest BCUT2D eigenvalue weighted by molar-refractivity contribution is 0.0696. The third kappa shape index (κ3) is 2.70. The molecule has 1 heterocycles. The molecule has 0 radical (unpaired) electrons. The van der Waals surface area contributed by atoms with Crippen molar-refractivity contribution in [3.8, 4) is 22.6 Å². The fraction of sp³-hybridized carbons (Fsp3) is 0.235. The average molecular weight is 284 g/mol. The number of fused-ring (bicyclic) bond motifs is 1. The lowest BCUT2D eigenvalue weighted by atomic mass is 9.99. The summed E-state index contributed by atoms with van der Waals surface area (Å²) >= 11 is 0. The minimum absolute atomic E-state index is 0.319. The second-order valence-corrected chi connectivity index (χ2v) is 5.05. The summed E-state index contributed by atoms with van der Waals surface area (Å²) < 4.78 is 11.3. The minimum Gasteiger partial charge on any atom is -0.490 e. The zero-order chi connectivity index (χ0) is 14.8. The zero-order valence-electron chi connectivity index (χ0n) is 11.8. The van der Waals surface area contributed by atoms with E-state index in [1.807, 2.05) is 30.3 Å². The van der Waals surface area contributed by atoms with Gasteiger partial charge in [0.25, 0.3) is 0 Å². The van der Waals surface area contributed by atoms with Crippen molar-refractivity contribution in [1.82, 2.24) is 0 Å². The molecule has 1 aliphatic heterocycles. The Bertz CT molecular complexity index is 691. The van der Waals surface area contributed by atoms with Gasteiger partial charge in [-0.25, -0.2) is 4.79 Å². The maximum atomic E-state index is 11.2. The normalized spacial score (nSPS) is 13.6. The molecule has 108 valence electrons. The summed E-state index contributed by atoms with van der Waals surface area (Å²) in [5, 5.41) is 9.22. The van der Waals surface area contributed by atoms with E-state index in [4.69, 9.17) is 9.47 Å². The molecule has 0 fully saturated rings. The summed E-state index contributed by atoms with van der Waals surface area (Å²) in [6.07, 6.45) is 0.859. The number of ether oxygens (including phenoxy) is 2. The van der Waals surface area contributed by atoms with E-state index < -0.39 is 5.97 Å². The van der Waals surface area contributed by atoms with Gasteiger partial charge in [-0.3, -0.25) is 0 Å². The largest absolute Gasteiger partial charge is 0.490 e. The van der Waals surface area contributed by atoms with E-state index in [0.717, 1.165) is 28.9 Å². The molecule has 4 nitrogen and oxygen atoms in total. The van der Waals surface area contributed by atoms with Crippen LogP contribution in [0.2, 0.25) is 0 Å². The summed E-state index contributed by atoms with van der Waals surface area (Å²) in [6, 6.07) is 11.1. The standard InChI is InChI=1S/C17H16O4/c1-11-3-4-12(9-14(11)17(18)19)13-5-6-15-16(10-13)21-8-2-7-20-15/h3-6,9-10H,2,7-8H2,1H3,(H,18,19). The van der Waals surface area contributed by atoms with Crippen LogP contribution in [0.5, 0.6) is 11.5 Å². The number of carboxylic acid groups (broad SMARTS) is 1. The van der Waals surface area contributed by atoms with Crippen molar-refractivity contribution in [2.45, 2.75) is 13.3 Å². The van der Waals surface area contributed by atoms with Gasteiger partial charge in [0, 0.05) is 6.42 Å². The predicted octanol–water partition coefficient (Wildman–Crippen LogP) is 3.52. The second kappa shape index (κ2) is 5.48. The van der Waals surface area contributed by atoms with Crippen molar-refractivity contribution in [2.24, 2.45) is 0 Å². The van der Waals surface area contributed by atoms with Gasteiger partial charge < -0.3 is 14.6 Å². The summed E-state index contributed by atoms with van der Waals surface area (Å²) in [5.41, 5.74) is 2.84. The first kappa shape index (κ1) is 13.5. The Morgan fingerprint density at radius 3 is 2.43 bits per heavy atom. The van der Waals surface area contributed by atoms with Crippen molar-refractivity contribution < 1.29 is 19.4 Å². The maximum Gasteiger partial charge on any atom is 0.335 e. The molecule has 2 aromatic carbocycles. The highest BCUT2D eigenvalue weighted by atomic mass is 16.5. The summed E-state index contributed by atoms with van der Waals surface area (Å²) in [6.45, 7) is 3.08. The third-order valence-corrected chi connectivity index (χ3v) is 3.55. The number of carboxylic acids is 1. The van der Waals surface area contributed by atoms with Crippen LogP contribution >= 0.6 is 0 Å². The molecule has 0 bridgehead atoms. The lowest BCUT2D eigenvalue weighted by Crippen LogP contribution is -1.99. The minimum atomic E-state index is -0.913. The quantitative estimate of drug-likeness (QED) is 0.916. The van der Waals surface area contributed by atoms with Gasteiger partial charge in [0.15, 0.2) is 11.5 Å². The molecule has 0 amide bonds. The molecule has 0 spiro atoms. The van der Waals surface area contributed by atoms with Crippen LogP contribution in [0.3, 0.4) is 0 Å². The molecule has 0 saturated heterocycles. The molecule has 1 aliphatic rings. The predicted molar refractivity (Wildman–Crippen MR) is 79.2 cm³/mol. The molecule has 0 aromatic heterocycles. The van der Waals surface area contributed by atoms with Gasteiger partial charge in [0.1, 0.15) is 0 Å². The van der Waals surface area contributed by atoms with Crippen LogP contribution in [0.15, 0.2) is 36.4 Å². The monoisotopic (exact) mass is 284 g/mol. The van der Waals surface area contributed by atoms with E-state index in [1.54, 1.807) is 13.0 Å². The van der Waals surface area contributed by atoms with Crippen LogP contribution in [0.25, 0.3) is 11.1 Å². The molecule has 0 aliphatic carbocycles. The number of aromatic carboxylic acids is 1. The Kier molecular flexibility index (Phi) is 3.52. The highest BCUT2D eigenvalue weighted by Gasteiger charge is 2.13. The van der Waals surface area contributed by atoms with E-state index in [-0.39, 0.29) is 0 Å². The van der Waals surface area contributed by atoms with Crippen LogP contribution in [0.4, 0.5) is 0 Å². The fourth-order valence-corrected chi connectivity index (χ4v) is 2.37. The van der Waals surface area contributed by atoms with Crippen LogP contribution in [0.1, 0.15) is 22.3 Å². The number of rotatable bonds is 2. The van der Waals surface area contributed by atoms with E-state index in [9.17, 15) is 9.90 Å². The van der Waals surface area contributed by atoms with Crippen LogP contribution < -0.4 is 9.47 Å². The van der Waals surface area contributed by atoms with Gasteiger partial charge in [-0.15, -0.1) is 0 Å². The number of benzene rings is 2. The second-order valence-electron chi connectivity index (χ2n) is 5.05.